The minimum absolute atomic E-state index is 0.0325. The molecule has 0 amide bonds. The molecule has 0 rings (SSSR count). The molecule has 0 aromatic rings. The molecular formula is C9H22O3Si2. The number of ketones is 1. The van der Waals surface area contributed by atoms with Gasteiger partial charge < -0.3 is 8.85 Å². The number of carbonyl (C=O) groups excluding carboxylic acids is 1. The highest BCUT2D eigenvalue weighted by Gasteiger charge is 2.29. The molecule has 0 spiro atoms. The first-order chi connectivity index (χ1) is 6.01. The summed E-state index contributed by atoms with van der Waals surface area (Å²) in [6.45, 7) is 13.8. The van der Waals surface area contributed by atoms with Crippen molar-refractivity contribution < 1.29 is 13.6 Å². The number of Topliss-reactive ketones (excluding diaryl/α,β-unsaturated/α-hetero) is 1. The van der Waals surface area contributed by atoms with E-state index in [1.165, 1.54) is 6.92 Å². The van der Waals surface area contributed by atoms with Crippen LogP contribution in [0, 0.1) is 0 Å². The standard InChI is InChI=1S/C9H22O3Si2/c1-8(10)9(11-13(2,3)4)12-14(5,6)7/h9H,1-7H3. The van der Waals surface area contributed by atoms with E-state index in [-0.39, 0.29) is 5.78 Å². The monoisotopic (exact) mass is 234 g/mol. The van der Waals surface area contributed by atoms with E-state index in [1.54, 1.807) is 0 Å². The van der Waals surface area contributed by atoms with Crippen molar-refractivity contribution in [2.24, 2.45) is 0 Å². The van der Waals surface area contributed by atoms with Gasteiger partial charge in [0.25, 0.3) is 0 Å². The third-order valence-electron chi connectivity index (χ3n) is 1.25. The van der Waals surface area contributed by atoms with Crippen molar-refractivity contribution in [2.75, 3.05) is 0 Å². The molecule has 0 unspecified atom stereocenters. The molecule has 0 aromatic heterocycles. The highest BCUT2D eigenvalue weighted by molar-refractivity contribution is 6.71. The molecule has 0 saturated carbocycles. The fourth-order valence-corrected chi connectivity index (χ4v) is 2.64. The zero-order valence-corrected chi connectivity index (χ0v) is 12.3. The van der Waals surface area contributed by atoms with E-state index in [9.17, 15) is 4.79 Å². The second-order valence-electron chi connectivity index (χ2n) is 5.40. The molecule has 0 aliphatic rings. The van der Waals surface area contributed by atoms with Crippen LogP contribution in [0.4, 0.5) is 0 Å². The molecule has 0 saturated heterocycles. The van der Waals surface area contributed by atoms with Gasteiger partial charge in [0.2, 0.25) is 0 Å². The Balaban J connectivity index is 4.40. The molecule has 0 fully saturated rings. The molecule has 84 valence electrons. The minimum Gasteiger partial charge on any atom is -0.388 e. The molecule has 0 heterocycles. The maximum Gasteiger partial charge on any atom is 0.198 e. The van der Waals surface area contributed by atoms with Crippen molar-refractivity contribution >= 4 is 22.4 Å². The Bertz CT molecular complexity index is 187. The third kappa shape index (κ3) is 7.43. The van der Waals surface area contributed by atoms with Gasteiger partial charge >= 0.3 is 0 Å². The smallest absolute Gasteiger partial charge is 0.198 e. The van der Waals surface area contributed by atoms with E-state index in [2.05, 4.69) is 39.3 Å². The Morgan fingerprint density at radius 3 is 1.36 bits per heavy atom. The number of rotatable bonds is 5. The topological polar surface area (TPSA) is 35.5 Å². The molecular weight excluding hydrogens is 212 g/mol. The van der Waals surface area contributed by atoms with Gasteiger partial charge in [-0.2, -0.15) is 0 Å². The van der Waals surface area contributed by atoms with E-state index >= 15 is 0 Å². The third-order valence-corrected chi connectivity index (χ3v) is 3.10. The normalized spacial score (nSPS) is 13.4. The molecule has 0 bridgehead atoms. The van der Waals surface area contributed by atoms with Crippen LogP contribution in [0.1, 0.15) is 6.92 Å². The average molecular weight is 234 g/mol. The summed E-state index contributed by atoms with van der Waals surface area (Å²) in [6.07, 6.45) is -0.645. The summed E-state index contributed by atoms with van der Waals surface area (Å²) >= 11 is 0. The van der Waals surface area contributed by atoms with Crippen molar-refractivity contribution in [3.63, 3.8) is 0 Å². The van der Waals surface area contributed by atoms with Crippen molar-refractivity contribution in [1.82, 2.24) is 0 Å². The van der Waals surface area contributed by atoms with Crippen LogP contribution in [0.3, 0.4) is 0 Å². The van der Waals surface area contributed by atoms with Crippen LogP contribution in [0.2, 0.25) is 39.3 Å². The van der Waals surface area contributed by atoms with Gasteiger partial charge in [0.15, 0.2) is 28.7 Å². The van der Waals surface area contributed by atoms with Gasteiger partial charge in [0, 0.05) is 0 Å². The predicted molar refractivity (Wildman–Crippen MR) is 63.3 cm³/mol. The predicted octanol–water partition coefficient (Wildman–Crippen LogP) is 2.60. The van der Waals surface area contributed by atoms with Gasteiger partial charge in [0.1, 0.15) is 0 Å². The van der Waals surface area contributed by atoms with Crippen molar-refractivity contribution in [3.05, 3.63) is 0 Å². The molecule has 0 aliphatic heterocycles. The van der Waals surface area contributed by atoms with Gasteiger partial charge in [-0.25, -0.2) is 0 Å². The van der Waals surface area contributed by atoms with Crippen LogP contribution in [-0.2, 0) is 13.6 Å². The molecule has 0 aliphatic carbocycles. The summed E-state index contributed by atoms with van der Waals surface area (Å²) in [4.78, 5) is 11.3. The highest BCUT2D eigenvalue weighted by Crippen LogP contribution is 2.14. The lowest BCUT2D eigenvalue weighted by Crippen LogP contribution is -2.43. The summed E-state index contributed by atoms with van der Waals surface area (Å²) < 4.78 is 11.4. The van der Waals surface area contributed by atoms with Crippen LogP contribution in [-0.4, -0.2) is 28.7 Å². The lowest BCUT2D eigenvalue weighted by Gasteiger charge is -2.29. The van der Waals surface area contributed by atoms with E-state index in [0.29, 0.717) is 0 Å². The molecule has 0 N–H and O–H groups in total. The number of carbonyl (C=O) groups is 1. The summed E-state index contributed by atoms with van der Waals surface area (Å²) in [7, 11) is -3.41. The van der Waals surface area contributed by atoms with Crippen LogP contribution in [0.5, 0.6) is 0 Å². The fraction of sp³-hybridized carbons (Fsp3) is 0.889. The van der Waals surface area contributed by atoms with Crippen LogP contribution < -0.4 is 0 Å². The second kappa shape index (κ2) is 4.70. The summed E-state index contributed by atoms with van der Waals surface area (Å²) in [5.41, 5.74) is 0. The van der Waals surface area contributed by atoms with Gasteiger partial charge in [0.05, 0.1) is 0 Å². The molecule has 0 radical (unpaired) electrons. The molecule has 3 nitrogen and oxygen atoms in total. The Labute approximate surface area is 89.1 Å². The van der Waals surface area contributed by atoms with Gasteiger partial charge in [-0.3, -0.25) is 4.79 Å². The highest BCUT2D eigenvalue weighted by atomic mass is 28.4. The quantitative estimate of drug-likeness (QED) is 0.542. The maximum atomic E-state index is 11.3. The van der Waals surface area contributed by atoms with Crippen LogP contribution in [0.25, 0.3) is 0 Å². The SMILES string of the molecule is CC(=O)C(O[Si](C)(C)C)O[Si](C)(C)C. The number of hydrogen-bond donors (Lipinski definition) is 0. The maximum absolute atomic E-state index is 11.3. The zero-order valence-electron chi connectivity index (χ0n) is 10.3. The van der Waals surface area contributed by atoms with Crippen molar-refractivity contribution in [2.45, 2.75) is 52.5 Å². The first kappa shape index (κ1) is 14.0. The fourth-order valence-electron chi connectivity index (χ4n) is 0.832. The average Bonchev–Trinajstić information content (AvgIpc) is 1.78. The number of hydrogen-bond acceptors (Lipinski definition) is 3. The van der Waals surface area contributed by atoms with Crippen molar-refractivity contribution in [3.8, 4) is 0 Å². The van der Waals surface area contributed by atoms with Gasteiger partial charge in [-0.05, 0) is 46.2 Å². The van der Waals surface area contributed by atoms with E-state index in [1.807, 2.05) is 0 Å². The Hall–Kier alpha value is 0.0238. The van der Waals surface area contributed by atoms with Crippen molar-refractivity contribution in [1.29, 1.82) is 0 Å². The second-order valence-corrected chi connectivity index (χ2v) is 14.3. The lowest BCUT2D eigenvalue weighted by atomic mass is 10.4. The lowest BCUT2D eigenvalue weighted by molar-refractivity contribution is -0.137. The summed E-state index contributed by atoms with van der Waals surface area (Å²) in [6, 6.07) is 0. The molecule has 0 aromatic carbocycles. The van der Waals surface area contributed by atoms with Crippen LogP contribution >= 0.6 is 0 Å². The van der Waals surface area contributed by atoms with E-state index < -0.39 is 22.9 Å². The summed E-state index contributed by atoms with van der Waals surface area (Å²) in [5, 5.41) is 0. The first-order valence-corrected chi connectivity index (χ1v) is 11.7. The molecule has 5 heteroatoms. The van der Waals surface area contributed by atoms with E-state index in [0.717, 1.165) is 0 Å². The Morgan fingerprint density at radius 1 is 0.929 bits per heavy atom. The van der Waals surface area contributed by atoms with Gasteiger partial charge in [-0.15, -0.1) is 0 Å². The molecule has 0 atom stereocenters. The largest absolute Gasteiger partial charge is 0.388 e. The minimum atomic E-state index is -1.71. The Kier molecular flexibility index (Phi) is 4.70. The molecule has 14 heavy (non-hydrogen) atoms. The van der Waals surface area contributed by atoms with E-state index in [4.69, 9.17) is 8.85 Å². The first-order valence-electron chi connectivity index (χ1n) is 4.87. The summed E-state index contributed by atoms with van der Waals surface area (Å²) in [5.74, 6) is -0.0325. The van der Waals surface area contributed by atoms with Crippen LogP contribution in [0.15, 0.2) is 0 Å². The zero-order chi connectivity index (χ0) is 11.6. The van der Waals surface area contributed by atoms with Gasteiger partial charge in [-0.1, -0.05) is 0 Å². The Morgan fingerprint density at radius 2 is 1.21 bits per heavy atom.